The molecule has 0 unspecified atom stereocenters. The molecule has 0 aromatic heterocycles. The van der Waals surface area contributed by atoms with Gasteiger partial charge in [-0.3, -0.25) is 9.59 Å². The largest absolute Gasteiger partial charge is 0.456 e. The van der Waals surface area contributed by atoms with Crippen LogP contribution in [0.2, 0.25) is 0 Å². The number of amides is 1. The molecule has 0 aliphatic heterocycles. The van der Waals surface area contributed by atoms with Gasteiger partial charge in [-0.05, 0) is 24.6 Å². The first-order valence-electron chi connectivity index (χ1n) is 7.15. The van der Waals surface area contributed by atoms with E-state index in [9.17, 15) is 9.59 Å². The third kappa shape index (κ3) is 3.95. The number of ether oxygens (including phenoxy) is 1. The van der Waals surface area contributed by atoms with Crippen LogP contribution in [-0.4, -0.2) is 18.5 Å². The maximum Gasteiger partial charge on any atom is 0.303 e. The van der Waals surface area contributed by atoms with Crippen molar-refractivity contribution in [3.8, 4) is 0 Å². The molecule has 4 nitrogen and oxygen atoms in total. The summed E-state index contributed by atoms with van der Waals surface area (Å²) in [5.74, 6) is -0.716. The van der Waals surface area contributed by atoms with Crippen LogP contribution in [0, 0.1) is 0 Å². The van der Waals surface area contributed by atoms with Crippen molar-refractivity contribution in [3.63, 3.8) is 0 Å². The van der Waals surface area contributed by atoms with E-state index in [1.165, 1.54) is 6.92 Å². The third-order valence-electron chi connectivity index (χ3n) is 3.37. The first-order chi connectivity index (χ1) is 10.6. The summed E-state index contributed by atoms with van der Waals surface area (Å²) in [5.41, 5.74) is 1.79. The van der Waals surface area contributed by atoms with Crippen LogP contribution in [0.25, 0.3) is 0 Å². The summed E-state index contributed by atoms with van der Waals surface area (Å²) in [5, 5.41) is 0. The quantitative estimate of drug-likeness (QED) is 0.795. The van der Waals surface area contributed by atoms with Crippen LogP contribution in [-0.2, 0) is 14.3 Å². The van der Waals surface area contributed by atoms with Gasteiger partial charge in [0.15, 0.2) is 6.61 Å². The number of esters is 1. The fourth-order valence-corrected chi connectivity index (χ4v) is 2.29. The van der Waals surface area contributed by atoms with E-state index >= 15 is 0 Å². The molecule has 2 rings (SSSR count). The van der Waals surface area contributed by atoms with Gasteiger partial charge >= 0.3 is 5.97 Å². The van der Waals surface area contributed by atoms with Gasteiger partial charge in [-0.25, -0.2) is 0 Å². The lowest BCUT2D eigenvalue weighted by molar-refractivity contribution is -0.145. The Morgan fingerprint density at radius 2 is 1.55 bits per heavy atom. The predicted octanol–water partition coefficient (Wildman–Crippen LogP) is 3.34. The Morgan fingerprint density at radius 3 is 2.09 bits per heavy atom. The molecular weight excluding hydrogens is 278 g/mol. The van der Waals surface area contributed by atoms with Gasteiger partial charge in [-0.2, -0.15) is 0 Å². The lowest BCUT2D eigenvalue weighted by atomic mass is 10.1. The SMILES string of the molecule is CC(=O)OCC(=O)N(c1ccccc1)[C@@H](C)c1ccccc1. The number of carbonyl (C=O) groups excluding carboxylic acids is 2. The molecule has 0 saturated carbocycles. The minimum absolute atomic E-state index is 0.161. The Balaban J connectivity index is 2.29. The zero-order chi connectivity index (χ0) is 15.9. The normalized spacial score (nSPS) is 11.5. The number of anilines is 1. The minimum atomic E-state index is -0.464. The van der Waals surface area contributed by atoms with Crippen LogP contribution in [0.5, 0.6) is 0 Å². The highest BCUT2D eigenvalue weighted by molar-refractivity contribution is 5.95. The molecule has 0 aliphatic rings. The summed E-state index contributed by atoms with van der Waals surface area (Å²) in [6.45, 7) is 2.98. The smallest absolute Gasteiger partial charge is 0.303 e. The standard InChI is InChI=1S/C18H19NO3/c1-14(16-9-5-3-6-10-16)19(17-11-7-4-8-12-17)18(21)13-22-15(2)20/h3-12,14H,13H2,1-2H3/t14-/m0/s1. The van der Waals surface area contributed by atoms with E-state index in [0.717, 1.165) is 11.3 Å². The molecule has 2 aromatic rings. The van der Waals surface area contributed by atoms with E-state index in [-0.39, 0.29) is 18.6 Å². The van der Waals surface area contributed by atoms with Crippen LogP contribution in [0.3, 0.4) is 0 Å². The van der Waals surface area contributed by atoms with Gasteiger partial charge in [0.2, 0.25) is 0 Å². The van der Waals surface area contributed by atoms with Crippen molar-refractivity contribution < 1.29 is 14.3 Å². The van der Waals surface area contributed by atoms with E-state index in [0.29, 0.717) is 0 Å². The molecule has 0 aliphatic carbocycles. The van der Waals surface area contributed by atoms with Crippen LogP contribution in [0.4, 0.5) is 5.69 Å². The van der Waals surface area contributed by atoms with Crippen LogP contribution >= 0.6 is 0 Å². The van der Waals surface area contributed by atoms with Crippen molar-refractivity contribution in [3.05, 3.63) is 66.2 Å². The van der Waals surface area contributed by atoms with E-state index < -0.39 is 5.97 Å². The zero-order valence-electron chi connectivity index (χ0n) is 12.7. The molecule has 4 heteroatoms. The van der Waals surface area contributed by atoms with Crippen molar-refractivity contribution in [2.45, 2.75) is 19.9 Å². The van der Waals surface area contributed by atoms with Crippen LogP contribution < -0.4 is 4.90 Å². The lowest BCUT2D eigenvalue weighted by Crippen LogP contribution is -2.36. The van der Waals surface area contributed by atoms with Gasteiger partial charge in [0, 0.05) is 12.6 Å². The van der Waals surface area contributed by atoms with E-state index in [4.69, 9.17) is 4.74 Å². The van der Waals surface area contributed by atoms with E-state index in [2.05, 4.69) is 0 Å². The highest BCUT2D eigenvalue weighted by atomic mass is 16.5. The Bertz CT molecular complexity index is 625. The molecule has 0 radical (unpaired) electrons. The lowest BCUT2D eigenvalue weighted by Gasteiger charge is -2.29. The molecule has 0 bridgehead atoms. The van der Waals surface area contributed by atoms with Gasteiger partial charge in [0.25, 0.3) is 5.91 Å². The summed E-state index contributed by atoms with van der Waals surface area (Å²) in [6.07, 6.45) is 0. The highest BCUT2D eigenvalue weighted by Crippen LogP contribution is 2.26. The fourth-order valence-electron chi connectivity index (χ4n) is 2.29. The maximum atomic E-state index is 12.5. The molecule has 1 atom stereocenters. The second kappa shape index (κ2) is 7.41. The summed E-state index contributed by atoms with van der Waals surface area (Å²) >= 11 is 0. The van der Waals surface area contributed by atoms with Gasteiger partial charge in [0.1, 0.15) is 0 Å². The number of benzene rings is 2. The molecule has 0 saturated heterocycles. The second-order valence-electron chi connectivity index (χ2n) is 4.97. The van der Waals surface area contributed by atoms with Crippen molar-refractivity contribution >= 4 is 17.6 Å². The predicted molar refractivity (Wildman–Crippen MR) is 85.4 cm³/mol. The van der Waals surface area contributed by atoms with Crippen molar-refractivity contribution in [2.24, 2.45) is 0 Å². The number of hydrogen-bond acceptors (Lipinski definition) is 3. The van der Waals surface area contributed by atoms with Gasteiger partial charge in [-0.15, -0.1) is 0 Å². The third-order valence-corrected chi connectivity index (χ3v) is 3.37. The molecular formula is C18H19NO3. The number of rotatable bonds is 5. The van der Waals surface area contributed by atoms with Crippen molar-refractivity contribution in [2.75, 3.05) is 11.5 Å². The van der Waals surface area contributed by atoms with Gasteiger partial charge < -0.3 is 9.64 Å². The Morgan fingerprint density at radius 1 is 1.00 bits per heavy atom. The number of nitrogens with zero attached hydrogens (tertiary/aromatic N) is 1. The number of hydrogen-bond donors (Lipinski definition) is 0. The first-order valence-corrected chi connectivity index (χ1v) is 7.15. The molecule has 0 heterocycles. The topological polar surface area (TPSA) is 46.6 Å². The zero-order valence-corrected chi connectivity index (χ0v) is 12.7. The molecule has 2 aromatic carbocycles. The maximum absolute atomic E-state index is 12.5. The van der Waals surface area contributed by atoms with Gasteiger partial charge in [-0.1, -0.05) is 48.5 Å². The fraction of sp³-hybridized carbons (Fsp3) is 0.222. The van der Waals surface area contributed by atoms with Gasteiger partial charge in [0.05, 0.1) is 6.04 Å². The van der Waals surface area contributed by atoms with E-state index in [1.54, 1.807) is 4.90 Å². The second-order valence-corrected chi connectivity index (χ2v) is 4.97. The average molecular weight is 297 g/mol. The molecule has 0 spiro atoms. The molecule has 114 valence electrons. The van der Waals surface area contributed by atoms with Crippen LogP contribution in [0.15, 0.2) is 60.7 Å². The summed E-state index contributed by atoms with van der Waals surface area (Å²) < 4.78 is 4.86. The Hall–Kier alpha value is -2.62. The van der Waals surface area contributed by atoms with Crippen molar-refractivity contribution in [1.29, 1.82) is 0 Å². The average Bonchev–Trinajstić information content (AvgIpc) is 2.55. The molecule has 1 amide bonds. The minimum Gasteiger partial charge on any atom is -0.456 e. The van der Waals surface area contributed by atoms with Crippen molar-refractivity contribution in [1.82, 2.24) is 0 Å². The number of carbonyl (C=O) groups is 2. The summed E-state index contributed by atoms with van der Waals surface area (Å²) in [4.78, 5) is 25.1. The van der Waals surface area contributed by atoms with Crippen LogP contribution in [0.1, 0.15) is 25.5 Å². The highest BCUT2D eigenvalue weighted by Gasteiger charge is 2.23. The molecule has 22 heavy (non-hydrogen) atoms. The number of para-hydroxylation sites is 1. The molecule has 0 N–H and O–H groups in total. The molecule has 0 fully saturated rings. The Kier molecular flexibility index (Phi) is 5.31. The summed E-state index contributed by atoms with van der Waals surface area (Å²) in [7, 11) is 0. The monoisotopic (exact) mass is 297 g/mol. The summed E-state index contributed by atoms with van der Waals surface area (Å²) in [6, 6.07) is 19.0. The first kappa shape index (κ1) is 15.8. The Labute approximate surface area is 130 Å². The van der Waals surface area contributed by atoms with E-state index in [1.807, 2.05) is 67.6 Å².